The van der Waals surface area contributed by atoms with Crippen LogP contribution >= 0.6 is 0 Å². The zero-order chi connectivity index (χ0) is 31.1. The molecule has 45 heavy (non-hydrogen) atoms. The van der Waals surface area contributed by atoms with Crippen LogP contribution < -0.4 is 9.64 Å². The van der Waals surface area contributed by atoms with Crippen molar-refractivity contribution in [3.63, 3.8) is 0 Å². The molecule has 3 saturated heterocycles. The molecule has 4 heterocycles. The number of phenols is 1. The van der Waals surface area contributed by atoms with Crippen LogP contribution in [0.15, 0.2) is 36.9 Å². The Balaban J connectivity index is 1.22. The van der Waals surface area contributed by atoms with Crippen LogP contribution in [0.2, 0.25) is 0 Å². The van der Waals surface area contributed by atoms with Gasteiger partial charge in [-0.05, 0) is 98.9 Å². The molecule has 2 aliphatic carbocycles. The predicted octanol–water partition coefficient (Wildman–Crippen LogP) is 5.65. The smallest absolute Gasteiger partial charge is 0.319 e. The first-order valence-corrected chi connectivity index (χ1v) is 16.3. The Kier molecular flexibility index (Phi) is 6.61. The van der Waals surface area contributed by atoms with E-state index in [-0.39, 0.29) is 35.3 Å². The Morgan fingerprint density at radius 3 is 2.73 bits per heavy atom. The summed E-state index contributed by atoms with van der Waals surface area (Å²) in [6.07, 6.45) is 6.57. The first-order valence-electron chi connectivity index (χ1n) is 16.3. The van der Waals surface area contributed by atoms with E-state index < -0.39 is 17.5 Å². The number of halogens is 2. The van der Waals surface area contributed by atoms with Gasteiger partial charge in [-0.2, -0.15) is 9.97 Å². The van der Waals surface area contributed by atoms with E-state index in [1.165, 1.54) is 6.08 Å². The summed E-state index contributed by atoms with van der Waals surface area (Å²) in [7, 11) is 0. The number of rotatable bonds is 7. The molecule has 8 rings (SSSR count). The quantitative estimate of drug-likeness (QED) is 0.344. The molecule has 3 aromatic rings. The van der Waals surface area contributed by atoms with Gasteiger partial charge in [-0.25, -0.2) is 8.78 Å². The minimum absolute atomic E-state index is 0.0704. The number of aromatic nitrogens is 2. The molecule has 3 aliphatic heterocycles. The van der Waals surface area contributed by atoms with Crippen LogP contribution in [0.25, 0.3) is 22.0 Å². The molecular weight excluding hydrogens is 576 g/mol. The number of hydrogen-bond donors (Lipinski definition) is 1. The monoisotopic (exact) mass is 615 g/mol. The second kappa shape index (κ2) is 10.4. The number of fused-ring (bicyclic) bond motifs is 2. The predicted molar refractivity (Wildman–Crippen MR) is 168 cm³/mol. The molecule has 2 saturated carbocycles. The SMILES string of the molecule is C=CC(=O)N1CCN(c2nc(OC[C@@]34CCCN3C[C@H](F)C4)nc3c(F)c(-c4cc(O)cc(C)c4C4CC4)ccc23)CC12CC2. The van der Waals surface area contributed by atoms with Crippen molar-refractivity contribution in [2.45, 2.75) is 75.0 Å². The molecule has 0 radical (unpaired) electrons. The molecule has 2 aromatic carbocycles. The van der Waals surface area contributed by atoms with E-state index in [1.807, 2.05) is 17.9 Å². The lowest BCUT2D eigenvalue weighted by molar-refractivity contribution is -0.129. The van der Waals surface area contributed by atoms with Gasteiger partial charge in [0.25, 0.3) is 0 Å². The van der Waals surface area contributed by atoms with Crippen LogP contribution in [-0.2, 0) is 4.79 Å². The molecule has 1 aromatic heterocycles. The summed E-state index contributed by atoms with van der Waals surface area (Å²) in [4.78, 5) is 28.4. The Labute approximate surface area is 261 Å². The molecule has 0 bridgehead atoms. The summed E-state index contributed by atoms with van der Waals surface area (Å²) < 4.78 is 37.6. The Hall–Kier alpha value is -3.79. The first kappa shape index (κ1) is 28.7. The zero-order valence-electron chi connectivity index (χ0n) is 25.7. The minimum atomic E-state index is -0.891. The summed E-state index contributed by atoms with van der Waals surface area (Å²) >= 11 is 0. The molecule has 5 aliphatic rings. The van der Waals surface area contributed by atoms with Gasteiger partial charge in [0.15, 0.2) is 5.82 Å². The molecule has 2 atom stereocenters. The van der Waals surface area contributed by atoms with E-state index in [1.54, 1.807) is 18.2 Å². The number of ether oxygens (including phenoxy) is 1. The number of benzene rings is 2. The number of aryl methyl sites for hydroxylation is 1. The number of amides is 1. The van der Waals surface area contributed by atoms with Gasteiger partial charge in [-0.1, -0.05) is 12.6 Å². The summed E-state index contributed by atoms with van der Waals surface area (Å²) in [6, 6.07) is 7.10. The summed E-state index contributed by atoms with van der Waals surface area (Å²) in [5.41, 5.74) is 2.55. The van der Waals surface area contributed by atoms with Crippen LogP contribution in [0.1, 0.15) is 62.0 Å². The van der Waals surface area contributed by atoms with Gasteiger partial charge >= 0.3 is 6.01 Å². The highest BCUT2D eigenvalue weighted by Gasteiger charge is 2.53. The Bertz CT molecular complexity index is 1720. The van der Waals surface area contributed by atoms with E-state index in [0.29, 0.717) is 60.8 Å². The molecule has 8 nitrogen and oxygen atoms in total. The van der Waals surface area contributed by atoms with Gasteiger partial charge < -0.3 is 19.6 Å². The van der Waals surface area contributed by atoms with Gasteiger partial charge in [0.05, 0.1) is 11.1 Å². The normalized spacial score (nSPS) is 25.6. The molecule has 10 heteroatoms. The fourth-order valence-corrected chi connectivity index (χ4v) is 8.39. The molecule has 1 amide bonds. The lowest BCUT2D eigenvalue weighted by atomic mass is 9.91. The van der Waals surface area contributed by atoms with E-state index >= 15 is 4.39 Å². The van der Waals surface area contributed by atoms with Gasteiger partial charge in [0.1, 0.15) is 29.9 Å². The standard InChI is InChI=1S/C35H39F2N5O3/c1-3-28(44)42-14-13-40(19-34(42)10-11-34)32-26-8-7-25(27-16-24(43)15-21(2)29(27)22-5-6-22)30(37)31(26)38-33(39-32)45-20-35-9-4-12-41(35)18-23(36)17-35/h3,7-8,15-16,22-23,43H,1,4-6,9-14,17-20H2,2H3/t23-,35+/m1/s1. The Morgan fingerprint density at radius 2 is 1.98 bits per heavy atom. The second-order valence-electron chi connectivity index (χ2n) is 13.9. The van der Waals surface area contributed by atoms with Crippen molar-refractivity contribution in [3.05, 3.63) is 53.9 Å². The number of anilines is 1. The summed E-state index contributed by atoms with van der Waals surface area (Å²) in [6.45, 7) is 8.74. The van der Waals surface area contributed by atoms with Crippen molar-refractivity contribution < 1.29 is 23.4 Å². The average Bonchev–Trinajstić information content (AvgIpc) is 3.93. The lowest BCUT2D eigenvalue weighted by Crippen LogP contribution is -2.57. The maximum absolute atomic E-state index is 16.8. The van der Waals surface area contributed by atoms with E-state index in [4.69, 9.17) is 9.72 Å². The number of piperazine rings is 1. The van der Waals surface area contributed by atoms with Gasteiger partial charge in [0, 0.05) is 43.5 Å². The summed E-state index contributed by atoms with van der Waals surface area (Å²) in [5, 5.41) is 11.1. The van der Waals surface area contributed by atoms with Gasteiger partial charge in [0.2, 0.25) is 5.91 Å². The molecule has 1 N–H and O–H groups in total. The maximum atomic E-state index is 16.8. The van der Waals surface area contributed by atoms with E-state index in [9.17, 15) is 14.3 Å². The van der Waals surface area contributed by atoms with Crippen molar-refractivity contribution in [3.8, 4) is 22.9 Å². The molecule has 236 valence electrons. The highest BCUT2D eigenvalue weighted by atomic mass is 19.1. The highest BCUT2D eigenvalue weighted by Crippen LogP contribution is 2.49. The Morgan fingerprint density at radius 1 is 1.16 bits per heavy atom. The second-order valence-corrected chi connectivity index (χ2v) is 13.9. The van der Waals surface area contributed by atoms with Crippen molar-refractivity contribution in [2.75, 3.05) is 44.2 Å². The third kappa shape index (κ3) is 4.75. The summed E-state index contributed by atoms with van der Waals surface area (Å²) in [5.74, 6) is 0.459. The highest BCUT2D eigenvalue weighted by molar-refractivity contribution is 5.94. The fraction of sp³-hybridized carbons (Fsp3) is 0.514. The van der Waals surface area contributed by atoms with E-state index in [2.05, 4.69) is 21.4 Å². The van der Waals surface area contributed by atoms with Gasteiger partial charge in [-0.3, -0.25) is 9.69 Å². The molecule has 5 fully saturated rings. The van der Waals surface area contributed by atoms with Crippen molar-refractivity contribution in [1.82, 2.24) is 19.8 Å². The van der Waals surface area contributed by atoms with Crippen molar-refractivity contribution in [1.29, 1.82) is 0 Å². The van der Waals surface area contributed by atoms with Crippen molar-refractivity contribution >= 4 is 22.6 Å². The number of aromatic hydroxyl groups is 1. The molecular formula is C35H39F2N5O3. The number of carbonyl (C=O) groups is 1. The number of phenolic OH excluding ortho intramolecular Hbond substituents is 1. The third-order valence-electron chi connectivity index (χ3n) is 10.9. The van der Waals surface area contributed by atoms with Gasteiger partial charge in [-0.15, -0.1) is 0 Å². The molecule has 1 spiro atoms. The van der Waals surface area contributed by atoms with Crippen LogP contribution in [0.3, 0.4) is 0 Å². The number of carbonyl (C=O) groups excluding carboxylic acids is 1. The van der Waals surface area contributed by atoms with Crippen LogP contribution in [0.4, 0.5) is 14.6 Å². The minimum Gasteiger partial charge on any atom is -0.508 e. The fourth-order valence-electron chi connectivity index (χ4n) is 8.39. The topological polar surface area (TPSA) is 82.0 Å². The first-order chi connectivity index (χ1) is 21.7. The number of hydrogen-bond acceptors (Lipinski definition) is 7. The van der Waals surface area contributed by atoms with E-state index in [0.717, 1.165) is 56.2 Å². The molecule has 0 unspecified atom stereocenters. The van der Waals surface area contributed by atoms with Crippen LogP contribution in [0.5, 0.6) is 11.8 Å². The third-order valence-corrected chi connectivity index (χ3v) is 10.9. The maximum Gasteiger partial charge on any atom is 0.319 e. The number of alkyl halides is 1. The lowest BCUT2D eigenvalue weighted by Gasteiger charge is -2.42. The largest absolute Gasteiger partial charge is 0.508 e. The van der Waals surface area contributed by atoms with Crippen LogP contribution in [-0.4, -0.2) is 87.4 Å². The van der Waals surface area contributed by atoms with Crippen LogP contribution in [0, 0.1) is 12.7 Å². The zero-order valence-corrected chi connectivity index (χ0v) is 25.7. The average molecular weight is 616 g/mol. The van der Waals surface area contributed by atoms with Crippen molar-refractivity contribution in [2.24, 2.45) is 0 Å². The number of nitrogens with zero attached hydrogens (tertiary/aromatic N) is 5.